The molecule has 0 saturated heterocycles. The molecular weight excluding hydrogens is 236 g/mol. The molecule has 0 aliphatic carbocycles. The zero-order valence-electron chi connectivity index (χ0n) is 12.4. The average Bonchev–Trinajstić information content (AvgIpc) is 2.32. The van der Waals surface area contributed by atoms with Crippen molar-refractivity contribution in [3.63, 3.8) is 0 Å². The first-order valence-electron chi connectivity index (χ1n) is 7.23. The van der Waals surface area contributed by atoms with Gasteiger partial charge in [0.1, 0.15) is 5.60 Å². The third-order valence-corrected chi connectivity index (χ3v) is 2.86. The lowest BCUT2D eigenvalue weighted by Gasteiger charge is -2.19. The largest absolute Gasteiger partial charge is 0.460 e. The van der Waals surface area contributed by atoms with E-state index in [0.717, 1.165) is 19.3 Å². The third-order valence-electron chi connectivity index (χ3n) is 2.86. The molecule has 1 aromatic rings. The van der Waals surface area contributed by atoms with Crippen LogP contribution in [0.5, 0.6) is 0 Å². The Morgan fingerprint density at radius 1 is 1.00 bits per heavy atom. The fourth-order valence-electron chi connectivity index (χ4n) is 1.99. The van der Waals surface area contributed by atoms with Crippen molar-refractivity contribution in [1.29, 1.82) is 0 Å². The smallest absolute Gasteiger partial charge is 0.306 e. The first-order valence-corrected chi connectivity index (χ1v) is 7.23. The zero-order valence-corrected chi connectivity index (χ0v) is 12.4. The molecular formula is C17H26O2. The summed E-state index contributed by atoms with van der Waals surface area (Å²) in [6.45, 7) is 5.72. The molecule has 0 heterocycles. The number of esters is 1. The van der Waals surface area contributed by atoms with Gasteiger partial charge in [-0.1, -0.05) is 43.2 Å². The van der Waals surface area contributed by atoms with E-state index in [9.17, 15) is 4.79 Å². The van der Waals surface area contributed by atoms with Crippen LogP contribution in [0.4, 0.5) is 0 Å². The van der Waals surface area contributed by atoms with Crippen molar-refractivity contribution in [2.45, 2.75) is 64.9 Å². The second kappa shape index (κ2) is 7.98. The van der Waals surface area contributed by atoms with Gasteiger partial charge < -0.3 is 4.74 Å². The van der Waals surface area contributed by atoms with Crippen LogP contribution in [0, 0.1) is 0 Å². The van der Waals surface area contributed by atoms with Crippen molar-refractivity contribution < 1.29 is 9.53 Å². The number of rotatable bonds is 7. The maximum absolute atomic E-state index is 11.5. The maximum atomic E-state index is 11.5. The van der Waals surface area contributed by atoms with Crippen molar-refractivity contribution in [1.82, 2.24) is 0 Å². The minimum absolute atomic E-state index is 0.0736. The van der Waals surface area contributed by atoms with Crippen molar-refractivity contribution in [3.8, 4) is 0 Å². The highest BCUT2D eigenvalue weighted by Gasteiger charge is 2.15. The minimum Gasteiger partial charge on any atom is -0.460 e. The van der Waals surface area contributed by atoms with Crippen LogP contribution in [-0.2, 0) is 16.0 Å². The Balaban J connectivity index is 2.01. The molecule has 0 N–H and O–H groups in total. The first-order chi connectivity index (χ1) is 8.97. The quantitative estimate of drug-likeness (QED) is 0.533. The molecule has 0 aromatic heterocycles. The van der Waals surface area contributed by atoms with E-state index in [1.54, 1.807) is 0 Å². The summed E-state index contributed by atoms with van der Waals surface area (Å²) in [7, 11) is 0. The second-order valence-corrected chi connectivity index (χ2v) is 5.99. The highest BCUT2D eigenvalue weighted by Crippen LogP contribution is 2.12. The molecule has 1 rings (SSSR count). The highest BCUT2D eigenvalue weighted by molar-refractivity contribution is 5.69. The molecule has 1 aromatic carbocycles. The van der Waals surface area contributed by atoms with E-state index in [1.807, 2.05) is 26.8 Å². The summed E-state index contributed by atoms with van der Waals surface area (Å²) in [5, 5.41) is 0. The van der Waals surface area contributed by atoms with E-state index < -0.39 is 0 Å². The van der Waals surface area contributed by atoms with Gasteiger partial charge in [0.2, 0.25) is 0 Å². The molecule has 106 valence electrons. The molecule has 0 unspecified atom stereocenters. The van der Waals surface area contributed by atoms with Crippen molar-refractivity contribution >= 4 is 5.97 Å². The summed E-state index contributed by atoms with van der Waals surface area (Å²) in [6, 6.07) is 10.5. The van der Waals surface area contributed by atoms with E-state index in [1.165, 1.54) is 18.4 Å². The Morgan fingerprint density at radius 3 is 2.26 bits per heavy atom. The Kier molecular flexibility index (Phi) is 6.61. The minimum atomic E-state index is -0.357. The lowest BCUT2D eigenvalue weighted by atomic mass is 10.1. The van der Waals surface area contributed by atoms with Crippen LogP contribution >= 0.6 is 0 Å². The van der Waals surface area contributed by atoms with Crippen LogP contribution in [0.15, 0.2) is 30.3 Å². The van der Waals surface area contributed by atoms with Gasteiger partial charge in [0.15, 0.2) is 0 Å². The number of hydrogen-bond donors (Lipinski definition) is 0. The molecule has 0 spiro atoms. The predicted molar refractivity (Wildman–Crippen MR) is 79.1 cm³/mol. The molecule has 0 amide bonds. The van der Waals surface area contributed by atoms with Crippen molar-refractivity contribution in [3.05, 3.63) is 35.9 Å². The van der Waals surface area contributed by atoms with E-state index in [4.69, 9.17) is 4.74 Å². The molecule has 2 nitrogen and oxygen atoms in total. The number of ether oxygens (including phenoxy) is 1. The summed E-state index contributed by atoms with van der Waals surface area (Å²) >= 11 is 0. The molecule has 0 aliphatic heterocycles. The molecule has 0 radical (unpaired) electrons. The van der Waals surface area contributed by atoms with E-state index in [0.29, 0.717) is 6.42 Å². The lowest BCUT2D eigenvalue weighted by molar-refractivity contribution is -0.154. The van der Waals surface area contributed by atoms with Crippen LogP contribution in [0.2, 0.25) is 0 Å². The van der Waals surface area contributed by atoms with E-state index in [2.05, 4.69) is 24.3 Å². The lowest BCUT2D eigenvalue weighted by Crippen LogP contribution is -2.23. The standard InChI is InChI=1S/C17H26O2/c1-17(2,3)19-16(18)14-10-5-4-7-11-15-12-8-6-9-13-15/h6,8-9,12-13H,4-5,7,10-11,14H2,1-3H3. The highest BCUT2D eigenvalue weighted by atomic mass is 16.6. The fourth-order valence-corrected chi connectivity index (χ4v) is 1.99. The van der Waals surface area contributed by atoms with Gasteiger partial charge in [0, 0.05) is 6.42 Å². The van der Waals surface area contributed by atoms with Crippen LogP contribution in [0.1, 0.15) is 58.4 Å². The van der Waals surface area contributed by atoms with Gasteiger partial charge in [-0.05, 0) is 45.6 Å². The van der Waals surface area contributed by atoms with E-state index in [-0.39, 0.29) is 11.6 Å². The summed E-state index contributed by atoms with van der Waals surface area (Å²) in [4.78, 5) is 11.5. The van der Waals surface area contributed by atoms with Crippen molar-refractivity contribution in [2.24, 2.45) is 0 Å². The number of carbonyl (C=O) groups excluding carboxylic acids is 1. The summed E-state index contributed by atoms with van der Waals surface area (Å²) < 4.78 is 5.27. The van der Waals surface area contributed by atoms with Gasteiger partial charge in [-0.3, -0.25) is 4.79 Å². The predicted octanol–water partition coefficient (Wildman–Crippen LogP) is 4.52. The molecule has 0 atom stereocenters. The van der Waals surface area contributed by atoms with Crippen LogP contribution in [0.3, 0.4) is 0 Å². The second-order valence-electron chi connectivity index (χ2n) is 5.99. The topological polar surface area (TPSA) is 26.3 Å². The van der Waals surface area contributed by atoms with E-state index >= 15 is 0 Å². The number of carbonyl (C=O) groups is 1. The number of unbranched alkanes of at least 4 members (excludes halogenated alkanes) is 3. The van der Waals surface area contributed by atoms with Gasteiger partial charge in [-0.25, -0.2) is 0 Å². The van der Waals surface area contributed by atoms with Gasteiger partial charge in [-0.15, -0.1) is 0 Å². The molecule has 0 aliphatic rings. The summed E-state index contributed by atoms with van der Waals surface area (Å²) in [6.07, 6.45) is 6.09. The average molecular weight is 262 g/mol. The molecule has 0 fully saturated rings. The summed E-state index contributed by atoms with van der Waals surface area (Å²) in [5.74, 6) is -0.0736. The van der Waals surface area contributed by atoms with Gasteiger partial charge in [0.25, 0.3) is 0 Å². The third kappa shape index (κ3) is 8.41. The van der Waals surface area contributed by atoms with Gasteiger partial charge in [-0.2, -0.15) is 0 Å². The SMILES string of the molecule is CC(C)(C)OC(=O)CCCCCCc1ccccc1. The number of aryl methyl sites for hydroxylation is 1. The Hall–Kier alpha value is -1.31. The summed E-state index contributed by atoms with van der Waals surface area (Å²) in [5.41, 5.74) is 1.04. The first kappa shape index (κ1) is 15.7. The Labute approximate surface area is 117 Å². The Bertz CT molecular complexity index is 363. The normalized spacial score (nSPS) is 11.3. The van der Waals surface area contributed by atoms with Crippen LogP contribution in [0.25, 0.3) is 0 Å². The maximum Gasteiger partial charge on any atom is 0.306 e. The van der Waals surface area contributed by atoms with Gasteiger partial charge >= 0.3 is 5.97 Å². The Morgan fingerprint density at radius 2 is 1.63 bits per heavy atom. The monoisotopic (exact) mass is 262 g/mol. The zero-order chi connectivity index (χ0) is 14.1. The van der Waals surface area contributed by atoms with Crippen molar-refractivity contribution in [2.75, 3.05) is 0 Å². The molecule has 2 heteroatoms. The molecule has 0 saturated carbocycles. The van der Waals surface area contributed by atoms with Crippen LogP contribution in [-0.4, -0.2) is 11.6 Å². The molecule has 19 heavy (non-hydrogen) atoms. The number of benzene rings is 1. The fraction of sp³-hybridized carbons (Fsp3) is 0.588. The van der Waals surface area contributed by atoms with Crippen LogP contribution < -0.4 is 0 Å². The number of hydrogen-bond acceptors (Lipinski definition) is 2. The molecule has 0 bridgehead atoms. The van der Waals surface area contributed by atoms with Gasteiger partial charge in [0.05, 0.1) is 0 Å².